The smallest absolute Gasteiger partial charge is 0.422 e. The molecule has 8 heteroatoms. The Morgan fingerprint density at radius 2 is 2.33 bits per heavy atom. The van der Waals surface area contributed by atoms with Crippen LogP contribution >= 0.6 is 11.3 Å². The predicted molar refractivity (Wildman–Crippen MR) is 46.4 cm³/mol. The van der Waals surface area contributed by atoms with Crippen molar-refractivity contribution in [2.45, 2.75) is 12.7 Å². The van der Waals surface area contributed by atoms with Gasteiger partial charge in [0.25, 0.3) is 0 Å². The first kappa shape index (κ1) is 11.8. The fourth-order valence-corrected chi connectivity index (χ4v) is 1.22. The number of thiazole rings is 1. The van der Waals surface area contributed by atoms with Crippen LogP contribution in [-0.4, -0.2) is 23.9 Å². The van der Waals surface area contributed by atoms with E-state index in [9.17, 15) is 18.0 Å². The molecule has 0 unspecified atom stereocenters. The molecule has 84 valence electrons. The maximum absolute atomic E-state index is 11.6. The van der Waals surface area contributed by atoms with Crippen molar-refractivity contribution in [2.24, 2.45) is 0 Å². The Morgan fingerprint density at radius 1 is 1.60 bits per heavy atom. The van der Waals surface area contributed by atoms with Gasteiger partial charge >= 0.3 is 12.3 Å². The van der Waals surface area contributed by atoms with E-state index in [0.717, 1.165) is 4.88 Å². The van der Waals surface area contributed by atoms with E-state index in [1.165, 1.54) is 17.5 Å². The van der Waals surface area contributed by atoms with Crippen molar-refractivity contribution in [1.82, 2.24) is 10.3 Å². The minimum Gasteiger partial charge on any atom is -0.440 e. The van der Waals surface area contributed by atoms with Crippen molar-refractivity contribution >= 4 is 17.4 Å². The van der Waals surface area contributed by atoms with Gasteiger partial charge in [0.05, 0.1) is 12.1 Å². The first-order valence-electron chi connectivity index (χ1n) is 3.82. The van der Waals surface area contributed by atoms with Gasteiger partial charge in [0, 0.05) is 11.1 Å². The molecule has 0 aromatic carbocycles. The lowest BCUT2D eigenvalue weighted by molar-refractivity contribution is -0.160. The number of rotatable bonds is 3. The number of alkyl halides is 3. The van der Waals surface area contributed by atoms with Crippen molar-refractivity contribution in [1.29, 1.82) is 0 Å². The van der Waals surface area contributed by atoms with Gasteiger partial charge in [-0.3, -0.25) is 4.98 Å². The molecule has 1 rings (SSSR count). The van der Waals surface area contributed by atoms with Gasteiger partial charge in [-0.2, -0.15) is 13.2 Å². The van der Waals surface area contributed by atoms with Crippen molar-refractivity contribution in [3.05, 3.63) is 16.6 Å². The summed E-state index contributed by atoms with van der Waals surface area (Å²) in [5.41, 5.74) is 1.55. The average molecular weight is 240 g/mol. The number of hydrogen-bond acceptors (Lipinski definition) is 4. The molecule has 0 fully saturated rings. The highest BCUT2D eigenvalue weighted by atomic mass is 32.1. The fourth-order valence-electron chi connectivity index (χ4n) is 0.687. The number of ether oxygens (including phenoxy) is 1. The molecular formula is C7H7F3N2O2S. The SMILES string of the molecule is O=C(NCc1cncs1)OCC(F)(F)F. The summed E-state index contributed by atoms with van der Waals surface area (Å²) in [5, 5.41) is 2.17. The molecular weight excluding hydrogens is 233 g/mol. The van der Waals surface area contributed by atoms with Gasteiger partial charge in [-0.25, -0.2) is 4.79 Å². The molecule has 1 heterocycles. The van der Waals surface area contributed by atoms with E-state index in [-0.39, 0.29) is 6.54 Å². The van der Waals surface area contributed by atoms with E-state index < -0.39 is 18.9 Å². The lowest BCUT2D eigenvalue weighted by Gasteiger charge is -2.08. The molecule has 0 aliphatic rings. The predicted octanol–water partition coefficient (Wildman–Crippen LogP) is 1.93. The van der Waals surface area contributed by atoms with Crippen LogP contribution in [0.4, 0.5) is 18.0 Å². The molecule has 0 bridgehead atoms. The van der Waals surface area contributed by atoms with Crippen molar-refractivity contribution < 1.29 is 22.7 Å². The number of carbonyl (C=O) groups excluding carboxylic acids is 1. The monoisotopic (exact) mass is 240 g/mol. The number of aromatic nitrogens is 1. The molecule has 0 saturated heterocycles. The Labute approximate surface area is 87.1 Å². The van der Waals surface area contributed by atoms with Crippen LogP contribution in [0.1, 0.15) is 4.88 Å². The molecule has 0 saturated carbocycles. The average Bonchev–Trinajstić information content (AvgIpc) is 2.62. The molecule has 1 aromatic heterocycles. The third-order valence-electron chi connectivity index (χ3n) is 1.26. The summed E-state index contributed by atoms with van der Waals surface area (Å²) in [7, 11) is 0. The van der Waals surface area contributed by atoms with Crippen molar-refractivity contribution in [3.8, 4) is 0 Å². The normalized spacial score (nSPS) is 11.1. The van der Waals surface area contributed by atoms with Crippen LogP contribution in [0.3, 0.4) is 0 Å². The third kappa shape index (κ3) is 5.21. The summed E-state index contributed by atoms with van der Waals surface area (Å²) in [5.74, 6) is 0. The van der Waals surface area contributed by atoms with E-state index in [0.29, 0.717) is 0 Å². The summed E-state index contributed by atoms with van der Waals surface area (Å²) in [6.07, 6.45) is -4.09. The summed E-state index contributed by atoms with van der Waals surface area (Å²) in [4.78, 5) is 15.2. The molecule has 0 spiro atoms. The minimum atomic E-state index is -4.50. The first-order chi connectivity index (χ1) is 6.97. The van der Waals surface area contributed by atoms with Gasteiger partial charge in [-0.05, 0) is 0 Å². The number of nitrogens with zero attached hydrogens (tertiary/aromatic N) is 1. The van der Waals surface area contributed by atoms with Gasteiger partial charge in [0.15, 0.2) is 6.61 Å². The van der Waals surface area contributed by atoms with E-state index in [2.05, 4.69) is 15.0 Å². The topological polar surface area (TPSA) is 51.2 Å². The van der Waals surface area contributed by atoms with Crippen LogP contribution in [0, 0.1) is 0 Å². The largest absolute Gasteiger partial charge is 0.440 e. The van der Waals surface area contributed by atoms with Gasteiger partial charge in [0.1, 0.15) is 0 Å². The molecule has 0 aliphatic carbocycles. The highest BCUT2D eigenvalue weighted by Gasteiger charge is 2.29. The second-order valence-corrected chi connectivity index (χ2v) is 3.48. The maximum atomic E-state index is 11.6. The van der Waals surface area contributed by atoms with Gasteiger partial charge in [-0.1, -0.05) is 0 Å². The lowest BCUT2D eigenvalue weighted by Crippen LogP contribution is -2.28. The summed E-state index contributed by atoms with van der Waals surface area (Å²) >= 11 is 1.28. The lowest BCUT2D eigenvalue weighted by atomic mass is 10.5. The number of hydrogen-bond donors (Lipinski definition) is 1. The molecule has 15 heavy (non-hydrogen) atoms. The molecule has 1 aromatic rings. The second-order valence-electron chi connectivity index (χ2n) is 2.51. The molecule has 0 atom stereocenters. The van der Waals surface area contributed by atoms with Gasteiger partial charge in [0.2, 0.25) is 0 Å². The molecule has 1 N–H and O–H groups in total. The zero-order chi connectivity index (χ0) is 11.3. The van der Waals surface area contributed by atoms with Crippen LogP contribution in [0.15, 0.2) is 11.7 Å². The van der Waals surface area contributed by atoms with E-state index in [4.69, 9.17) is 0 Å². The molecule has 4 nitrogen and oxygen atoms in total. The summed E-state index contributed by atoms with van der Waals surface area (Å²) in [6, 6.07) is 0. The van der Waals surface area contributed by atoms with Gasteiger partial charge < -0.3 is 10.1 Å². The van der Waals surface area contributed by atoms with Gasteiger partial charge in [-0.15, -0.1) is 11.3 Å². The first-order valence-corrected chi connectivity index (χ1v) is 4.70. The van der Waals surface area contributed by atoms with Crippen LogP contribution in [0.5, 0.6) is 0 Å². The van der Waals surface area contributed by atoms with Crippen molar-refractivity contribution in [2.75, 3.05) is 6.61 Å². The Balaban J connectivity index is 2.20. The van der Waals surface area contributed by atoms with E-state index in [1.54, 1.807) is 5.51 Å². The molecule has 0 radical (unpaired) electrons. The van der Waals surface area contributed by atoms with Crippen molar-refractivity contribution in [3.63, 3.8) is 0 Å². The number of nitrogens with one attached hydrogen (secondary N) is 1. The quantitative estimate of drug-likeness (QED) is 0.878. The Bertz CT molecular complexity index is 313. The standard InChI is InChI=1S/C7H7F3N2O2S/c8-7(9,10)3-14-6(13)12-2-5-1-11-4-15-5/h1,4H,2-3H2,(H,12,13). The van der Waals surface area contributed by atoms with E-state index >= 15 is 0 Å². The van der Waals surface area contributed by atoms with E-state index in [1.807, 2.05) is 0 Å². The van der Waals surface area contributed by atoms with Crippen LogP contribution in [0.25, 0.3) is 0 Å². The highest BCUT2D eigenvalue weighted by Crippen LogP contribution is 2.14. The summed E-state index contributed by atoms with van der Waals surface area (Å²) in [6.45, 7) is -1.47. The Hall–Kier alpha value is -1.31. The fraction of sp³-hybridized carbons (Fsp3) is 0.429. The highest BCUT2D eigenvalue weighted by molar-refractivity contribution is 7.09. The van der Waals surface area contributed by atoms with Crippen LogP contribution in [0.2, 0.25) is 0 Å². The van der Waals surface area contributed by atoms with Crippen LogP contribution < -0.4 is 5.32 Å². The number of carbonyl (C=O) groups is 1. The molecule has 1 amide bonds. The van der Waals surface area contributed by atoms with Crippen LogP contribution in [-0.2, 0) is 11.3 Å². The zero-order valence-corrected chi connectivity index (χ0v) is 8.19. The minimum absolute atomic E-state index is 0.112. The maximum Gasteiger partial charge on any atom is 0.422 e. The number of amides is 1. The number of alkyl carbamates (subject to hydrolysis) is 1. The zero-order valence-electron chi connectivity index (χ0n) is 7.37. The molecule has 0 aliphatic heterocycles. The summed E-state index contributed by atoms with van der Waals surface area (Å²) < 4.78 is 38.8. The third-order valence-corrected chi connectivity index (χ3v) is 2.04. The Kier molecular flexibility index (Phi) is 3.89. The number of halogens is 3. The second kappa shape index (κ2) is 4.96. The Morgan fingerprint density at radius 3 is 2.87 bits per heavy atom.